The Morgan fingerprint density at radius 2 is 1.78 bits per heavy atom. The predicted octanol–water partition coefficient (Wildman–Crippen LogP) is 3.82. The third kappa shape index (κ3) is 5.20. The predicted molar refractivity (Wildman–Crippen MR) is 107 cm³/mol. The zero-order chi connectivity index (χ0) is 19.1. The van der Waals surface area contributed by atoms with Gasteiger partial charge in [-0.3, -0.25) is 0 Å². The maximum atomic E-state index is 11.6. The Kier molecular flexibility index (Phi) is 6.26. The molecule has 0 spiro atoms. The van der Waals surface area contributed by atoms with E-state index in [1.165, 1.54) is 5.56 Å². The number of carboxylic acid groups (broad SMARTS) is 1. The molecule has 27 heavy (non-hydrogen) atoms. The first kappa shape index (κ1) is 18.7. The molecular weight excluding hydrogens is 338 g/mol. The number of aliphatic carboxylic acids is 1. The number of rotatable bonds is 9. The number of carboxylic acids is 1. The quantitative estimate of drug-likeness (QED) is 0.628. The van der Waals surface area contributed by atoms with Gasteiger partial charge in [0.25, 0.3) is 0 Å². The number of nitrogens with zero attached hydrogens (tertiary/aromatic N) is 3. The first-order valence-corrected chi connectivity index (χ1v) is 9.19. The molecule has 3 aromatic rings. The number of benzene rings is 1. The lowest BCUT2D eigenvalue weighted by molar-refractivity contribution is -0.140. The molecule has 0 fully saturated rings. The Bertz CT molecular complexity index is 830. The van der Waals surface area contributed by atoms with Gasteiger partial charge in [0.2, 0.25) is 0 Å². The summed E-state index contributed by atoms with van der Waals surface area (Å²) in [6, 6.07) is 17.3. The third-order valence-electron chi connectivity index (χ3n) is 4.72. The number of aromatic nitrogens is 2. The minimum absolute atomic E-state index is 0.479. The van der Waals surface area contributed by atoms with Gasteiger partial charge in [-0.1, -0.05) is 30.3 Å². The van der Waals surface area contributed by atoms with Crippen molar-refractivity contribution in [1.29, 1.82) is 0 Å². The molecule has 2 heterocycles. The van der Waals surface area contributed by atoms with E-state index in [0.29, 0.717) is 6.42 Å². The van der Waals surface area contributed by atoms with Gasteiger partial charge < -0.3 is 14.6 Å². The van der Waals surface area contributed by atoms with Crippen molar-refractivity contribution in [3.05, 3.63) is 84.3 Å². The highest BCUT2D eigenvalue weighted by molar-refractivity contribution is 5.72. The first-order valence-electron chi connectivity index (χ1n) is 9.19. The molecule has 0 saturated heterocycles. The van der Waals surface area contributed by atoms with Crippen LogP contribution in [0.1, 0.15) is 23.6 Å². The SMILES string of the molecule is CN(CCCc1ccc(CC(C(=O)O)n2cccc2)cc1)c1ccccn1. The van der Waals surface area contributed by atoms with Gasteiger partial charge in [-0.05, 0) is 48.2 Å². The van der Waals surface area contributed by atoms with Crippen LogP contribution in [0.5, 0.6) is 0 Å². The van der Waals surface area contributed by atoms with E-state index in [9.17, 15) is 9.90 Å². The number of hydrogen-bond donors (Lipinski definition) is 1. The second-order valence-electron chi connectivity index (χ2n) is 6.72. The van der Waals surface area contributed by atoms with Gasteiger partial charge >= 0.3 is 5.97 Å². The van der Waals surface area contributed by atoms with Crippen LogP contribution in [0.15, 0.2) is 73.2 Å². The maximum Gasteiger partial charge on any atom is 0.327 e. The average Bonchev–Trinajstić information content (AvgIpc) is 3.22. The van der Waals surface area contributed by atoms with Crippen molar-refractivity contribution in [2.75, 3.05) is 18.5 Å². The standard InChI is InChI=1S/C22H25N3O2/c1-24(21-8-2-3-13-23-21)14-6-7-18-9-11-19(12-10-18)17-20(22(26)27)25-15-4-5-16-25/h2-5,8-13,15-16,20H,6-7,14,17H2,1H3,(H,26,27). The molecule has 1 atom stereocenters. The third-order valence-corrected chi connectivity index (χ3v) is 4.72. The van der Waals surface area contributed by atoms with Gasteiger partial charge in [0.05, 0.1) is 0 Å². The minimum atomic E-state index is -0.812. The maximum absolute atomic E-state index is 11.6. The summed E-state index contributed by atoms with van der Waals surface area (Å²) in [5, 5.41) is 9.49. The van der Waals surface area contributed by atoms with Crippen LogP contribution in [0, 0.1) is 0 Å². The average molecular weight is 363 g/mol. The van der Waals surface area contributed by atoms with Crippen LogP contribution in [-0.4, -0.2) is 34.2 Å². The Morgan fingerprint density at radius 3 is 2.41 bits per heavy atom. The molecule has 3 rings (SSSR count). The highest BCUT2D eigenvalue weighted by atomic mass is 16.4. The van der Waals surface area contributed by atoms with Crippen molar-refractivity contribution in [1.82, 2.24) is 9.55 Å². The van der Waals surface area contributed by atoms with E-state index in [1.54, 1.807) is 17.0 Å². The molecule has 0 aliphatic carbocycles. The number of carbonyl (C=O) groups is 1. The van der Waals surface area contributed by atoms with Gasteiger partial charge in [-0.25, -0.2) is 9.78 Å². The monoisotopic (exact) mass is 363 g/mol. The van der Waals surface area contributed by atoms with Gasteiger partial charge in [0.15, 0.2) is 0 Å². The number of hydrogen-bond acceptors (Lipinski definition) is 3. The zero-order valence-corrected chi connectivity index (χ0v) is 15.5. The molecule has 1 N–H and O–H groups in total. The van der Waals surface area contributed by atoms with Crippen molar-refractivity contribution in [2.45, 2.75) is 25.3 Å². The first-order chi connectivity index (χ1) is 13.1. The highest BCUT2D eigenvalue weighted by Gasteiger charge is 2.18. The van der Waals surface area contributed by atoms with Gasteiger partial charge in [-0.15, -0.1) is 0 Å². The molecule has 2 aromatic heterocycles. The fraction of sp³-hybridized carbons (Fsp3) is 0.273. The molecular formula is C22H25N3O2. The number of anilines is 1. The summed E-state index contributed by atoms with van der Waals surface area (Å²) in [7, 11) is 2.05. The smallest absolute Gasteiger partial charge is 0.327 e. The Balaban J connectivity index is 1.52. The van der Waals surface area contributed by atoms with Crippen LogP contribution < -0.4 is 4.90 Å². The van der Waals surface area contributed by atoms with Crippen LogP contribution in [0.25, 0.3) is 0 Å². The molecule has 0 bridgehead atoms. The topological polar surface area (TPSA) is 58.4 Å². The molecule has 5 heteroatoms. The molecule has 0 aliphatic rings. The Labute approximate surface area is 159 Å². The zero-order valence-electron chi connectivity index (χ0n) is 15.5. The number of aryl methyl sites for hydroxylation is 1. The summed E-state index contributed by atoms with van der Waals surface area (Å²) in [5.74, 6) is 0.172. The van der Waals surface area contributed by atoms with Crippen LogP contribution in [0.3, 0.4) is 0 Å². The molecule has 140 valence electrons. The van der Waals surface area contributed by atoms with Gasteiger partial charge in [0.1, 0.15) is 11.9 Å². The van der Waals surface area contributed by atoms with Crippen molar-refractivity contribution >= 4 is 11.8 Å². The van der Waals surface area contributed by atoms with E-state index in [2.05, 4.69) is 29.1 Å². The largest absolute Gasteiger partial charge is 0.480 e. The Morgan fingerprint density at radius 1 is 1.07 bits per heavy atom. The molecule has 0 amide bonds. The number of pyridine rings is 1. The fourth-order valence-electron chi connectivity index (χ4n) is 3.16. The van der Waals surface area contributed by atoms with Gasteiger partial charge in [0, 0.05) is 38.6 Å². The van der Waals surface area contributed by atoms with Crippen molar-refractivity contribution in [3.8, 4) is 0 Å². The van der Waals surface area contributed by atoms with Crippen LogP contribution >= 0.6 is 0 Å². The Hall–Kier alpha value is -3.08. The summed E-state index contributed by atoms with van der Waals surface area (Å²) in [4.78, 5) is 18.1. The van der Waals surface area contributed by atoms with E-state index in [1.807, 2.05) is 48.7 Å². The molecule has 1 unspecified atom stereocenters. The lowest BCUT2D eigenvalue weighted by Gasteiger charge is -2.18. The lowest BCUT2D eigenvalue weighted by atomic mass is 10.0. The van der Waals surface area contributed by atoms with Crippen LogP contribution in [0.2, 0.25) is 0 Å². The molecule has 0 aliphatic heterocycles. The molecule has 0 saturated carbocycles. The van der Waals surface area contributed by atoms with E-state index < -0.39 is 12.0 Å². The van der Waals surface area contributed by atoms with E-state index in [-0.39, 0.29) is 0 Å². The van der Waals surface area contributed by atoms with Crippen molar-refractivity contribution in [2.24, 2.45) is 0 Å². The van der Waals surface area contributed by atoms with Gasteiger partial charge in [-0.2, -0.15) is 0 Å². The molecule has 5 nitrogen and oxygen atoms in total. The summed E-state index contributed by atoms with van der Waals surface area (Å²) in [6.07, 6.45) is 7.90. The lowest BCUT2D eigenvalue weighted by Crippen LogP contribution is -2.20. The highest BCUT2D eigenvalue weighted by Crippen LogP contribution is 2.17. The van der Waals surface area contributed by atoms with E-state index >= 15 is 0 Å². The second kappa shape index (κ2) is 9.03. The summed E-state index contributed by atoms with van der Waals surface area (Å²) < 4.78 is 1.74. The summed E-state index contributed by atoms with van der Waals surface area (Å²) in [6.45, 7) is 0.938. The van der Waals surface area contributed by atoms with E-state index in [4.69, 9.17) is 0 Å². The minimum Gasteiger partial charge on any atom is -0.480 e. The normalized spacial score (nSPS) is 11.9. The molecule has 0 radical (unpaired) electrons. The molecule has 1 aromatic carbocycles. The summed E-state index contributed by atoms with van der Waals surface area (Å²) in [5.41, 5.74) is 2.30. The van der Waals surface area contributed by atoms with Crippen molar-refractivity contribution in [3.63, 3.8) is 0 Å². The fourth-order valence-corrected chi connectivity index (χ4v) is 3.16. The van der Waals surface area contributed by atoms with Crippen LogP contribution in [-0.2, 0) is 17.6 Å². The van der Waals surface area contributed by atoms with Crippen LogP contribution in [0.4, 0.5) is 5.82 Å². The second-order valence-corrected chi connectivity index (χ2v) is 6.72. The van der Waals surface area contributed by atoms with E-state index in [0.717, 1.165) is 30.8 Å². The summed E-state index contributed by atoms with van der Waals surface area (Å²) >= 11 is 0. The van der Waals surface area contributed by atoms with Crippen molar-refractivity contribution < 1.29 is 9.90 Å².